The number of nitrogens with two attached hydrogens (primary N) is 1. The number of hydrogen-bond donors (Lipinski definition) is 1. The minimum atomic E-state index is 0.530. The molecule has 0 aliphatic heterocycles. The van der Waals surface area contributed by atoms with E-state index in [2.05, 4.69) is 31.2 Å². The zero-order chi connectivity index (χ0) is 12.9. The number of likely N-dealkylation sites (N-methyl/N-ethyl adjacent to an activating group) is 1. The van der Waals surface area contributed by atoms with Crippen LogP contribution in [0.4, 0.5) is 0 Å². The molecule has 0 heterocycles. The van der Waals surface area contributed by atoms with E-state index in [1.54, 1.807) is 0 Å². The van der Waals surface area contributed by atoms with Crippen molar-refractivity contribution in [2.45, 2.75) is 44.6 Å². The average molecular weight is 251 g/mol. The Labute approximate surface area is 112 Å². The first-order valence-corrected chi connectivity index (χ1v) is 7.64. The van der Waals surface area contributed by atoms with Gasteiger partial charge in [0.25, 0.3) is 0 Å². The van der Waals surface area contributed by atoms with Gasteiger partial charge in [0.05, 0.1) is 0 Å². The Morgan fingerprint density at radius 3 is 1.78 bits per heavy atom. The van der Waals surface area contributed by atoms with Crippen LogP contribution in [-0.2, 0) is 0 Å². The van der Waals surface area contributed by atoms with E-state index in [0.29, 0.717) is 11.5 Å². The smallest absolute Gasteiger partial charge is 0.0421 e. The lowest BCUT2D eigenvalue weighted by Gasteiger charge is -2.61. The second-order valence-electron chi connectivity index (χ2n) is 7.45. The van der Waals surface area contributed by atoms with Crippen LogP contribution in [0.3, 0.4) is 0 Å². The Kier molecular flexibility index (Phi) is 3.20. The Balaban J connectivity index is 1.85. The topological polar surface area (TPSA) is 32.5 Å². The minimum Gasteiger partial charge on any atom is -0.329 e. The Morgan fingerprint density at radius 2 is 1.44 bits per heavy atom. The van der Waals surface area contributed by atoms with E-state index in [-0.39, 0.29) is 0 Å². The predicted molar refractivity (Wildman–Crippen MR) is 74.9 cm³/mol. The molecule has 0 aromatic rings. The zero-order valence-corrected chi connectivity index (χ0v) is 12.2. The fourth-order valence-electron chi connectivity index (χ4n) is 5.66. The standard InChI is InChI=1S/C15H29N3/c1-17(2)18(3)14(10-16)15-7-11-4-12(8-15)6-13(5-11)9-15/h11-14H,4-10,16H2,1-3H3. The summed E-state index contributed by atoms with van der Waals surface area (Å²) in [5.41, 5.74) is 6.69. The van der Waals surface area contributed by atoms with E-state index >= 15 is 0 Å². The number of nitrogens with zero attached hydrogens (tertiary/aromatic N) is 2. The third kappa shape index (κ3) is 1.91. The summed E-state index contributed by atoms with van der Waals surface area (Å²) in [5, 5.41) is 4.61. The molecule has 4 aliphatic rings. The van der Waals surface area contributed by atoms with E-state index in [9.17, 15) is 0 Å². The van der Waals surface area contributed by atoms with Gasteiger partial charge in [0.2, 0.25) is 0 Å². The van der Waals surface area contributed by atoms with Gasteiger partial charge in [0.1, 0.15) is 0 Å². The number of hydrazine groups is 1. The summed E-state index contributed by atoms with van der Waals surface area (Å²) in [6.07, 6.45) is 8.88. The van der Waals surface area contributed by atoms with Crippen LogP contribution in [0.1, 0.15) is 38.5 Å². The lowest BCUT2D eigenvalue weighted by Crippen LogP contribution is -2.60. The van der Waals surface area contributed by atoms with Crippen molar-refractivity contribution < 1.29 is 0 Å². The molecular weight excluding hydrogens is 222 g/mol. The van der Waals surface area contributed by atoms with Crippen LogP contribution in [0, 0.1) is 23.2 Å². The average Bonchev–Trinajstić information content (AvgIpc) is 2.27. The minimum absolute atomic E-state index is 0.530. The molecule has 3 heteroatoms. The molecule has 2 N–H and O–H groups in total. The summed E-state index contributed by atoms with van der Waals surface area (Å²) < 4.78 is 0. The van der Waals surface area contributed by atoms with Crippen molar-refractivity contribution in [1.82, 2.24) is 10.0 Å². The summed E-state index contributed by atoms with van der Waals surface area (Å²) >= 11 is 0. The second-order valence-corrected chi connectivity index (χ2v) is 7.45. The van der Waals surface area contributed by atoms with Gasteiger partial charge in [-0.15, -0.1) is 0 Å². The molecule has 0 aromatic carbocycles. The van der Waals surface area contributed by atoms with Crippen LogP contribution in [0.5, 0.6) is 0 Å². The summed E-state index contributed by atoms with van der Waals surface area (Å²) in [6, 6.07) is 0.542. The molecule has 104 valence electrons. The van der Waals surface area contributed by atoms with E-state index in [4.69, 9.17) is 5.73 Å². The number of hydrogen-bond acceptors (Lipinski definition) is 3. The summed E-state index contributed by atoms with van der Waals surface area (Å²) in [6.45, 7) is 0.806. The molecule has 4 rings (SSSR count). The van der Waals surface area contributed by atoms with Crippen LogP contribution in [0.25, 0.3) is 0 Å². The first-order chi connectivity index (χ1) is 8.54. The van der Waals surface area contributed by atoms with Gasteiger partial charge < -0.3 is 5.73 Å². The third-order valence-electron chi connectivity index (χ3n) is 6.10. The highest BCUT2D eigenvalue weighted by molar-refractivity contribution is 5.06. The predicted octanol–water partition coefficient (Wildman–Crippen LogP) is 1.94. The van der Waals surface area contributed by atoms with E-state index < -0.39 is 0 Å². The molecule has 18 heavy (non-hydrogen) atoms. The van der Waals surface area contributed by atoms with Crippen molar-refractivity contribution >= 4 is 0 Å². The molecule has 4 aliphatic carbocycles. The lowest BCUT2D eigenvalue weighted by atomic mass is 9.47. The maximum Gasteiger partial charge on any atom is 0.0421 e. The van der Waals surface area contributed by atoms with Crippen LogP contribution in [-0.4, -0.2) is 43.7 Å². The fraction of sp³-hybridized carbons (Fsp3) is 1.00. The number of rotatable bonds is 4. The largest absolute Gasteiger partial charge is 0.329 e. The molecule has 4 saturated carbocycles. The van der Waals surface area contributed by atoms with Gasteiger partial charge in [-0.05, 0) is 61.7 Å². The quantitative estimate of drug-likeness (QED) is 0.775. The van der Waals surface area contributed by atoms with Gasteiger partial charge in [-0.3, -0.25) is 0 Å². The van der Waals surface area contributed by atoms with Crippen LogP contribution < -0.4 is 5.73 Å². The molecular formula is C15H29N3. The molecule has 0 spiro atoms. The normalized spacial score (nSPS) is 44.0. The summed E-state index contributed by atoms with van der Waals surface area (Å²) in [4.78, 5) is 0. The SMILES string of the molecule is CN(C)N(C)C(CN)C12CC3CC(CC(C3)C1)C2. The first-order valence-electron chi connectivity index (χ1n) is 7.64. The van der Waals surface area contributed by atoms with Crippen molar-refractivity contribution in [2.24, 2.45) is 28.9 Å². The lowest BCUT2D eigenvalue weighted by molar-refractivity contribution is -0.132. The molecule has 0 aromatic heterocycles. The van der Waals surface area contributed by atoms with Gasteiger partial charge in [0, 0.05) is 33.7 Å². The van der Waals surface area contributed by atoms with Gasteiger partial charge in [-0.1, -0.05) is 0 Å². The Morgan fingerprint density at radius 1 is 1.00 bits per heavy atom. The molecule has 3 nitrogen and oxygen atoms in total. The molecule has 4 bridgehead atoms. The maximum atomic E-state index is 6.16. The van der Waals surface area contributed by atoms with Gasteiger partial charge in [-0.25, -0.2) is 10.0 Å². The Bertz CT molecular complexity index is 278. The van der Waals surface area contributed by atoms with Crippen LogP contribution in [0.2, 0.25) is 0 Å². The molecule has 0 amide bonds. The fourth-order valence-corrected chi connectivity index (χ4v) is 5.66. The van der Waals surface area contributed by atoms with Crippen LogP contribution in [0.15, 0.2) is 0 Å². The molecule has 1 atom stereocenters. The first kappa shape index (κ1) is 12.9. The van der Waals surface area contributed by atoms with Crippen LogP contribution >= 0.6 is 0 Å². The van der Waals surface area contributed by atoms with Crippen molar-refractivity contribution in [2.75, 3.05) is 27.7 Å². The monoisotopic (exact) mass is 251 g/mol. The summed E-state index contributed by atoms with van der Waals surface area (Å²) in [7, 11) is 6.50. The highest BCUT2D eigenvalue weighted by Crippen LogP contribution is 2.61. The van der Waals surface area contributed by atoms with Gasteiger partial charge >= 0.3 is 0 Å². The van der Waals surface area contributed by atoms with E-state index in [1.807, 2.05) is 0 Å². The molecule has 0 radical (unpaired) electrons. The third-order valence-corrected chi connectivity index (χ3v) is 6.10. The van der Waals surface area contributed by atoms with Crippen molar-refractivity contribution in [3.63, 3.8) is 0 Å². The van der Waals surface area contributed by atoms with Crippen molar-refractivity contribution in [3.05, 3.63) is 0 Å². The zero-order valence-electron chi connectivity index (χ0n) is 12.2. The van der Waals surface area contributed by atoms with Gasteiger partial charge in [0.15, 0.2) is 0 Å². The van der Waals surface area contributed by atoms with E-state index in [0.717, 1.165) is 24.3 Å². The van der Waals surface area contributed by atoms with Gasteiger partial charge in [-0.2, -0.15) is 0 Å². The highest BCUT2D eigenvalue weighted by Gasteiger charge is 2.54. The van der Waals surface area contributed by atoms with Crippen molar-refractivity contribution in [3.8, 4) is 0 Å². The summed E-state index contributed by atoms with van der Waals surface area (Å²) in [5.74, 6) is 3.04. The molecule has 0 saturated heterocycles. The molecule has 1 unspecified atom stereocenters. The van der Waals surface area contributed by atoms with E-state index in [1.165, 1.54) is 38.5 Å². The molecule has 4 fully saturated rings. The van der Waals surface area contributed by atoms with Crippen molar-refractivity contribution in [1.29, 1.82) is 0 Å². The maximum absolute atomic E-state index is 6.16. The highest BCUT2D eigenvalue weighted by atomic mass is 15.6. The Hall–Kier alpha value is -0.120. The second kappa shape index (κ2) is 4.46.